The third-order valence-corrected chi connectivity index (χ3v) is 8.01. The van der Waals surface area contributed by atoms with Crippen molar-refractivity contribution >= 4 is 29.7 Å². The fraction of sp³-hybridized carbons (Fsp3) is 0.821. The maximum absolute atomic E-state index is 12.8. The summed E-state index contributed by atoms with van der Waals surface area (Å²) in [6.07, 6.45) is 11.2. The zero-order valence-electron chi connectivity index (χ0n) is 23.4. The molecule has 11 nitrogen and oxygen atoms in total. The van der Waals surface area contributed by atoms with Gasteiger partial charge in [-0.15, -0.1) is 0 Å². The Hall–Kier alpha value is -2.69. The van der Waals surface area contributed by atoms with E-state index in [-0.39, 0.29) is 18.9 Å². The number of amides is 3. The molecule has 1 heterocycles. The van der Waals surface area contributed by atoms with Gasteiger partial charge in [0, 0.05) is 13.0 Å². The van der Waals surface area contributed by atoms with E-state index in [0.29, 0.717) is 31.2 Å². The van der Waals surface area contributed by atoms with E-state index in [2.05, 4.69) is 16.0 Å². The number of nitrogens with zero attached hydrogens (tertiary/aromatic N) is 1. The number of aliphatic carboxylic acids is 2. The molecule has 0 aromatic heterocycles. The highest BCUT2D eigenvalue weighted by Gasteiger charge is 2.29. The molecule has 3 amide bonds. The van der Waals surface area contributed by atoms with Crippen LogP contribution >= 0.6 is 0 Å². The lowest BCUT2D eigenvalue weighted by atomic mass is 9.85. The standard InChI is InChI=1S/C28H48N4O7/c1-2-32(25(34)13-7-11-21-14-16-29-17-15-21)19-24(33)30-23(18-26(35)36)27(37)31-22(28(38)39)12-6-10-20-8-4-3-5-9-20/h20-23,29H,2-19H2,1H3,(H,30,33)(H,31,37)(H,35,36)(H,38,39)/t22-,23-/m0/s1. The fourth-order valence-electron chi connectivity index (χ4n) is 5.66. The molecule has 1 saturated heterocycles. The maximum atomic E-state index is 12.8. The minimum absolute atomic E-state index is 0.162. The van der Waals surface area contributed by atoms with Crippen molar-refractivity contribution in [3.63, 3.8) is 0 Å². The highest BCUT2D eigenvalue weighted by atomic mass is 16.4. The van der Waals surface area contributed by atoms with Crippen molar-refractivity contribution in [2.24, 2.45) is 11.8 Å². The average Bonchev–Trinajstić information content (AvgIpc) is 2.91. The Balaban J connectivity index is 1.84. The van der Waals surface area contributed by atoms with Gasteiger partial charge in [0.25, 0.3) is 0 Å². The van der Waals surface area contributed by atoms with Gasteiger partial charge in [0.05, 0.1) is 13.0 Å². The number of carboxylic acid groups (broad SMARTS) is 2. The second-order valence-corrected chi connectivity index (χ2v) is 11.0. The molecule has 11 heteroatoms. The lowest BCUT2D eigenvalue weighted by Gasteiger charge is -2.25. The van der Waals surface area contributed by atoms with Gasteiger partial charge >= 0.3 is 11.9 Å². The van der Waals surface area contributed by atoms with E-state index < -0.39 is 42.3 Å². The average molecular weight is 553 g/mol. The molecule has 1 aliphatic heterocycles. The van der Waals surface area contributed by atoms with Gasteiger partial charge in [-0.05, 0) is 64.0 Å². The maximum Gasteiger partial charge on any atom is 0.326 e. The quantitative estimate of drug-likeness (QED) is 0.183. The monoisotopic (exact) mass is 552 g/mol. The van der Waals surface area contributed by atoms with E-state index >= 15 is 0 Å². The van der Waals surface area contributed by atoms with Crippen LogP contribution in [0.1, 0.15) is 96.8 Å². The number of carbonyl (C=O) groups is 5. The summed E-state index contributed by atoms with van der Waals surface area (Å²) in [6.45, 7) is 3.76. The normalized spacial score (nSPS) is 18.1. The van der Waals surface area contributed by atoms with Crippen molar-refractivity contribution in [1.29, 1.82) is 0 Å². The molecule has 2 fully saturated rings. The van der Waals surface area contributed by atoms with Gasteiger partial charge in [0.1, 0.15) is 12.1 Å². The first-order chi connectivity index (χ1) is 18.7. The van der Waals surface area contributed by atoms with Gasteiger partial charge < -0.3 is 31.1 Å². The molecule has 0 spiro atoms. The van der Waals surface area contributed by atoms with E-state index in [1.54, 1.807) is 6.92 Å². The summed E-state index contributed by atoms with van der Waals surface area (Å²) in [4.78, 5) is 62.8. The van der Waals surface area contributed by atoms with Crippen LogP contribution in [0.25, 0.3) is 0 Å². The summed E-state index contributed by atoms with van der Waals surface area (Å²) in [6, 6.07) is -2.60. The number of hydrogen-bond acceptors (Lipinski definition) is 6. The summed E-state index contributed by atoms with van der Waals surface area (Å²) >= 11 is 0. The van der Waals surface area contributed by atoms with Crippen molar-refractivity contribution in [3.8, 4) is 0 Å². The summed E-state index contributed by atoms with van der Waals surface area (Å²) in [5, 5.41) is 27.0. The van der Waals surface area contributed by atoms with Gasteiger partial charge in [0.15, 0.2) is 0 Å². The Kier molecular flexibility index (Phi) is 14.9. The van der Waals surface area contributed by atoms with Crippen LogP contribution in [0.15, 0.2) is 0 Å². The molecule has 2 atom stereocenters. The molecule has 0 aromatic carbocycles. The summed E-state index contributed by atoms with van der Waals surface area (Å²) in [5.74, 6) is -2.99. The number of hydrogen-bond donors (Lipinski definition) is 5. The largest absolute Gasteiger partial charge is 0.481 e. The predicted octanol–water partition coefficient (Wildman–Crippen LogP) is 2.28. The molecule has 1 aliphatic carbocycles. The molecule has 2 aliphatic rings. The van der Waals surface area contributed by atoms with Crippen molar-refractivity contribution in [1.82, 2.24) is 20.9 Å². The van der Waals surface area contributed by atoms with Crippen LogP contribution in [0.2, 0.25) is 0 Å². The molecule has 1 saturated carbocycles. The third kappa shape index (κ3) is 12.8. The van der Waals surface area contributed by atoms with Crippen molar-refractivity contribution in [2.45, 2.75) is 109 Å². The molecule has 0 radical (unpaired) electrons. The van der Waals surface area contributed by atoms with Gasteiger partial charge in [-0.2, -0.15) is 0 Å². The smallest absolute Gasteiger partial charge is 0.326 e. The molecule has 39 heavy (non-hydrogen) atoms. The summed E-state index contributed by atoms with van der Waals surface area (Å²) in [7, 11) is 0. The van der Waals surface area contributed by atoms with Crippen LogP contribution in [0, 0.1) is 11.8 Å². The highest BCUT2D eigenvalue weighted by Crippen LogP contribution is 2.28. The van der Waals surface area contributed by atoms with E-state index in [1.165, 1.54) is 24.2 Å². The predicted molar refractivity (Wildman–Crippen MR) is 146 cm³/mol. The molecular formula is C28H48N4O7. The van der Waals surface area contributed by atoms with Gasteiger partial charge in [-0.3, -0.25) is 19.2 Å². The van der Waals surface area contributed by atoms with E-state index in [1.807, 2.05) is 0 Å². The lowest BCUT2D eigenvalue weighted by Crippen LogP contribution is -2.54. The number of carbonyl (C=O) groups excluding carboxylic acids is 3. The van der Waals surface area contributed by atoms with Gasteiger partial charge in [0.2, 0.25) is 17.7 Å². The van der Waals surface area contributed by atoms with E-state index in [0.717, 1.165) is 58.0 Å². The zero-order valence-corrected chi connectivity index (χ0v) is 23.4. The second-order valence-electron chi connectivity index (χ2n) is 11.0. The van der Waals surface area contributed by atoms with E-state index in [9.17, 15) is 34.2 Å². The highest BCUT2D eigenvalue weighted by molar-refractivity contribution is 5.94. The zero-order chi connectivity index (χ0) is 28.6. The second kappa shape index (κ2) is 17.8. The number of rotatable bonds is 17. The third-order valence-electron chi connectivity index (χ3n) is 8.01. The Morgan fingerprint density at radius 2 is 1.51 bits per heavy atom. The van der Waals surface area contributed by atoms with Crippen LogP contribution in [0.4, 0.5) is 0 Å². The van der Waals surface area contributed by atoms with Crippen molar-refractivity contribution in [2.75, 3.05) is 26.2 Å². The van der Waals surface area contributed by atoms with Crippen LogP contribution in [-0.4, -0.2) is 83.0 Å². The van der Waals surface area contributed by atoms with Crippen LogP contribution in [0.5, 0.6) is 0 Å². The summed E-state index contributed by atoms with van der Waals surface area (Å²) < 4.78 is 0. The molecular weight excluding hydrogens is 504 g/mol. The first-order valence-electron chi connectivity index (χ1n) is 14.7. The Morgan fingerprint density at radius 1 is 0.872 bits per heavy atom. The molecule has 0 bridgehead atoms. The van der Waals surface area contributed by atoms with E-state index in [4.69, 9.17) is 0 Å². The molecule has 0 aromatic rings. The minimum atomic E-state index is -1.44. The van der Waals surface area contributed by atoms with Crippen molar-refractivity contribution in [3.05, 3.63) is 0 Å². The van der Waals surface area contributed by atoms with Crippen LogP contribution < -0.4 is 16.0 Å². The Morgan fingerprint density at radius 3 is 2.13 bits per heavy atom. The topological polar surface area (TPSA) is 165 Å². The number of piperidine rings is 1. The number of likely N-dealkylation sites (N-methyl/N-ethyl adjacent to an activating group) is 1. The number of carboxylic acids is 2. The first-order valence-corrected chi connectivity index (χ1v) is 14.7. The number of nitrogens with one attached hydrogen (secondary N) is 3. The molecule has 2 rings (SSSR count). The fourth-order valence-corrected chi connectivity index (χ4v) is 5.66. The van der Waals surface area contributed by atoms with Crippen molar-refractivity contribution < 1.29 is 34.2 Å². The molecule has 222 valence electrons. The van der Waals surface area contributed by atoms with Crippen LogP contribution in [-0.2, 0) is 24.0 Å². The minimum Gasteiger partial charge on any atom is -0.481 e. The summed E-state index contributed by atoms with van der Waals surface area (Å²) in [5.41, 5.74) is 0. The SMILES string of the molecule is CCN(CC(=O)N[C@@H](CC(=O)O)C(=O)N[C@@H](CCCC1CCCCC1)C(=O)O)C(=O)CCCC1CCNCC1. The lowest BCUT2D eigenvalue weighted by molar-refractivity contribution is -0.144. The molecule has 5 N–H and O–H groups in total. The van der Waals surface area contributed by atoms with Gasteiger partial charge in [-0.25, -0.2) is 4.79 Å². The van der Waals surface area contributed by atoms with Crippen LogP contribution in [0.3, 0.4) is 0 Å². The Labute approximate surface area is 231 Å². The molecule has 0 unspecified atom stereocenters. The first kappa shape index (κ1) is 32.5. The Bertz CT molecular complexity index is 810. The van der Waals surface area contributed by atoms with Gasteiger partial charge in [-0.1, -0.05) is 44.9 Å².